The number of aliphatic hydroxyl groups is 1. The number of ether oxygens (including phenoxy) is 1. The van der Waals surface area contributed by atoms with Gasteiger partial charge in [-0.2, -0.15) is 0 Å². The summed E-state index contributed by atoms with van der Waals surface area (Å²) >= 11 is 0. The second kappa shape index (κ2) is 6.98. The van der Waals surface area contributed by atoms with Crippen LogP contribution < -0.4 is 15.7 Å². The van der Waals surface area contributed by atoms with Crippen molar-refractivity contribution >= 4 is 16.9 Å². The van der Waals surface area contributed by atoms with Crippen LogP contribution in [0.15, 0.2) is 33.5 Å². The number of carbonyl (C=O) groups excluding carboxylic acids is 1. The van der Waals surface area contributed by atoms with Crippen LogP contribution >= 0.6 is 0 Å². The van der Waals surface area contributed by atoms with E-state index in [0.29, 0.717) is 24.4 Å². The molecule has 27 heavy (non-hydrogen) atoms. The summed E-state index contributed by atoms with van der Waals surface area (Å²) in [7, 11) is 0. The summed E-state index contributed by atoms with van der Waals surface area (Å²) in [6.07, 6.45) is 0.735. The number of hydrogen-bond acceptors (Lipinski definition) is 6. The van der Waals surface area contributed by atoms with Crippen LogP contribution in [0.1, 0.15) is 12.5 Å². The predicted molar refractivity (Wildman–Crippen MR) is 99.8 cm³/mol. The van der Waals surface area contributed by atoms with Gasteiger partial charge in [-0.15, -0.1) is 0 Å². The number of likely N-dealkylation sites (tertiary alicyclic amines) is 1. The number of nitrogens with zero attached hydrogens (tertiary/aromatic N) is 1. The Morgan fingerprint density at radius 2 is 2.30 bits per heavy atom. The zero-order valence-electron chi connectivity index (χ0n) is 15.4. The standard InChI is InChI=1S/C20H24N2O5/c1-2-13-5-19(25)27-17-6-15(3-4-16(13)17)26-9-18(24)22-8-14-7-21-10-20(14,11-22)12-23/h3-6,14,21,23H,2,7-12H2,1H3/t14-,20+/m0/s1. The Morgan fingerprint density at radius 1 is 1.44 bits per heavy atom. The van der Waals surface area contributed by atoms with Crippen LogP contribution in [0.3, 0.4) is 0 Å². The van der Waals surface area contributed by atoms with Crippen molar-refractivity contribution in [3.63, 3.8) is 0 Å². The fourth-order valence-corrected chi connectivity index (χ4v) is 4.26. The zero-order chi connectivity index (χ0) is 19.0. The predicted octanol–water partition coefficient (Wildman–Crippen LogP) is 0.775. The molecule has 7 heteroatoms. The molecular weight excluding hydrogens is 348 g/mol. The molecule has 2 saturated heterocycles. The van der Waals surface area contributed by atoms with Crippen molar-refractivity contribution in [2.45, 2.75) is 13.3 Å². The molecule has 1 aromatic carbocycles. The largest absolute Gasteiger partial charge is 0.484 e. The smallest absolute Gasteiger partial charge is 0.336 e. The van der Waals surface area contributed by atoms with Gasteiger partial charge < -0.3 is 24.5 Å². The minimum Gasteiger partial charge on any atom is -0.484 e. The van der Waals surface area contributed by atoms with Gasteiger partial charge in [0, 0.05) is 49.1 Å². The van der Waals surface area contributed by atoms with Crippen molar-refractivity contribution in [2.24, 2.45) is 11.3 Å². The van der Waals surface area contributed by atoms with E-state index in [0.717, 1.165) is 30.5 Å². The summed E-state index contributed by atoms with van der Waals surface area (Å²) in [5.74, 6) is 0.681. The third-order valence-electron chi connectivity index (χ3n) is 5.89. The molecule has 2 N–H and O–H groups in total. The highest BCUT2D eigenvalue weighted by molar-refractivity contribution is 5.82. The van der Waals surface area contributed by atoms with E-state index in [1.165, 1.54) is 6.07 Å². The first kappa shape index (κ1) is 18.0. The van der Waals surface area contributed by atoms with Gasteiger partial charge in [-0.3, -0.25) is 4.79 Å². The summed E-state index contributed by atoms with van der Waals surface area (Å²) in [5.41, 5.74) is 0.776. The van der Waals surface area contributed by atoms with Gasteiger partial charge in [-0.05, 0) is 30.0 Å². The van der Waals surface area contributed by atoms with Crippen molar-refractivity contribution in [2.75, 3.05) is 39.4 Å². The minimum absolute atomic E-state index is 0.0785. The summed E-state index contributed by atoms with van der Waals surface area (Å²) < 4.78 is 10.9. The lowest BCUT2D eigenvalue weighted by Crippen LogP contribution is -2.39. The van der Waals surface area contributed by atoms with Crippen LogP contribution in [0.4, 0.5) is 0 Å². The lowest BCUT2D eigenvalue weighted by Gasteiger charge is -2.25. The maximum Gasteiger partial charge on any atom is 0.336 e. The normalized spacial score (nSPS) is 24.4. The van der Waals surface area contributed by atoms with E-state index < -0.39 is 0 Å². The molecule has 0 unspecified atom stereocenters. The van der Waals surface area contributed by atoms with Crippen molar-refractivity contribution in [3.05, 3.63) is 40.2 Å². The maximum atomic E-state index is 12.6. The number of carbonyl (C=O) groups is 1. The molecule has 2 aliphatic heterocycles. The Kier molecular flexibility index (Phi) is 4.65. The van der Waals surface area contributed by atoms with E-state index in [-0.39, 0.29) is 36.1 Å². The van der Waals surface area contributed by atoms with Gasteiger partial charge in [-0.25, -0.2) is 4.79 Å². The molecular formula is C20H24N2O5. The van der Waals surface area contributed by atoms with E-state index in [1.807, 2.05) is 13.0 Å². The molecule has 2 atom stereocenters. The molecule has 0 saturated carbocycles. The lowest BCUT2D eigenvalue weighted by molar-refractivity contribution is -0.132. The van der Waals surface area contributed by atoms with E-state index in [1.54, 1.807) is 17.0 Å². The van der Waals surface area contributed by atoms with Crippen LogP contribution in [0.25, 0.3) is 11.0 Å². The number of rotatable bonds is 5. The van der Waals surface area contributed by atoms with E-state index in [4.69, 9.17) is 9.15 Å². The topological polar surface area (TPSA) is 92.0 Å². The zero-order valence-corrected chi connectivity index (χ0v) is 15.4. The Bertz CT molecular complexity index is 924. The lowest BCUT2D eigenvalue weighted by atomic mass is 9.82. The van der Waals surface area contributed by atoms with Gasteiger partial charge in [-0.1, -0.05) is 6.92 Å². The van der Waals surface area contributed by atoms with Gasteiger partial charge in [0.2, 0.25) is 0 Å². The first-order valence-electron chi connectivity index (χ1n) is 9.33. The van der Waals surface area contributed by atoms with Crippen molar-refractivity contribution in [3.8, 4) is 5.75 Å². The second-order valence-corrected chi connectivity index (χ2v) is 7.51. The Hall–Kier alpha value is -2.38. The third-order valence-corrected chi connectivity index (χ3v) is 5.89. The van der Waals surface area contributed by atoms with Crippen molar-refractivity contribution in [1.82, 2.24) is 10.2 Å². The first-order valence-corrected chi connectivity index (χ1v) is 9.33. The number of aryl methyl sites for hydroxylation is 1. The Labute approximate surface area is 156 Å². The fraction of sp³-hybridized carbons (Fsp3) is 0.500. The van der Waals surface area contributed by atoms with Gasteiger partial charge in [0.25, 0.3) is 5.91 Å². The molecule has 4 rings (SSSR count). The van der Waals surface area contributed by atoms with Crippen LogP contribution in [-0.2, 0) is 11.2 Å². The molecule has 144 valence electrons. The summed E-state index contributed by atoms with van der Waals surface area (Å²) in [5, 5.41) is 13.9. The number of amides is 1. The van der Waals surface area contributed by atoms with Gasteiger partial charge in [0.05, 0.1) is 6.61 Å². The summed E-state index contributed by atoms with van der Waals surface area (Å²) in [4.78, 5) is 26.0. The summed E-state index contributed by atoms with van der Waals surface area (Å²) in [6, 6.07) is 6.79. The van der Waals surface area contributed by atoms with Crippen molar-refractivity contribution in [1.29, 1.82) is 0 Å². The molecule has 1 amide bonds. The molecule has 7 nitrogen and oxygen atoms in total. The van der Waals surface area contributed by atoms with Gasteiger partial charge >= 0.3 is 5.63 Å². The SMILES string of the molecule is CCc1cc(=O)oc2cc(OCC(=O)N3C[C@@H]4CNC[C@]4(CO)C3)ccc12. The number of nitrogens with one attached hydrogen (secondary N) is 1. The Morgan fingerprint density at radius 3 is 3.04 bits per heavy atom. The van der Waals surface area contributed by atoms with Gasteiger partial charge in [0.1, 0.15) is 11.3 Å². The summed E-state index contributed by atoms with van der Waals surface area (Å²) in [6.45, 7) is 4.75. The average molecular weight is 372 g/mol. The van der Waals surface area contributed by atoms with Crippen LogP contribution in [0.2, 0.25) is 0 Å². The monoisotopic (exact) mass is 372 g/mol. The van der Waals surface area contributed by atoms with E-state index in [2.05, 4.69) is 5.32 Å². The Balaban J connectivity index is 1.44. The molecule has 2 fully saturated rings. The van der Waals surface area contributed by atoms with Crippen molar-refractivity contribution < 1.29 is 19.1 Å². The average Bonchev–Trinajstić information content (AvgIpc) is 3.22. The molecule has 0 radical (unpaired) electrons. The molecule has 1 aromatic heterocycles. The maximum absolute atomic E-state index is 12.6. The number of hydrogen-bond donors (Lipinski definition) is 2. The molecule has 0 aliphatic carbocycles. The fourth-order valence-electron chi connectivity index (χ4n) is 4.26. The van der Waals surface area contributed by atoms with Crippen LogP contribution in [-0.4, -0.2) is 55.3 Å². The highest BCUT2D eigenvalue weighted by atomic mass is 16.5. The molecule has 2 aliphatic rings. The number of aliphatic hydroxyl groups excluding tert-OH is 1. The third kappa shape index (κ3) is 3.21. The number of fused-ring (bicyclic) bond motifs is 2. The van der Waals surface area contributed by atoms with E-state index >= 15 is 0 Å². The second-order valence-electron chi connectivity index (χ2n) is 7.51. The molecule has 3 heterocycles. The van der Waals surface area contributed by atoms with E-state index in [9.17, 15) is 14.7 Å². The highest BCUT2D eigenvalue weighted by Gasteiger charge is 2.50. The quantitative estimate of drug-likeness (QED) is 0.754. The highest BCUT2D eigenvalue weighted by Crippen LogP contribution is 2.38. The van der Waals surface area contributed by atoms with Gasteiger partial charge in [0.15, 0.2) is 6.61 Å². The molecule has 0 bridgehead atoms. The van der Waals surface area contributed by atoms with Crippen LogP contribution in [0.5, 0.6) is 5.75 Å². The molecule has 0 spiro atoms. The molecule has 2 aromatic rings. The van der Waals surface area contributed by atoms with Crippen LogP contribution in [0, 0.1) is 11.3 Å². The number of benzene rings is 1. The minimum atomic E-state index is -0.390. The first-order chi connectivity index (χ1) is 13.0.